The van der Waals surface area contributed by atoms with Crippen molar-refractivity contribution in [2.75, 3.05) is 34.0 Å². The highest BCUT2D eigenvalue weighted by atomic mass is 127. The zero-order chi connectivity index (χ0) is 23.1. The van der Waals surface area contributed by atoms with Crippen LogP contribution in [0.4, 0.5) is 5.69 Å². The van der Waals surface area contributed by atoms with Crippen LogP contribution in [-0.4, -0.2) is 55.9 Å². The molecule has 8 nitrogen and oxygen atoms in total. The van der Waals surface area contributed by atoms with Gasteiger partial charge in [-0.3, -0.25) is 9.69 Å². The van der Waals surface area contributed by atoms with Crippen LogP contribution in [-0.2, 0) is 14.3 Å². The molecule has 0 aliphatic carbocycles. The van der Waals surface area contributed by atoms with Gasteiger partial charge in [-0.25, -0.2) is 4.99 Å². The Morgan fingerprint density at radius 1 is 1.25 bits per heavy atom. The summed E-state index contributed by atoms with van der Waals surface area (Å²) in [5, 5.41) is 11.3. The van der Waals surface area contributed by atoms with Gasteiger partial charge in [0.1, 0.15) is 6.61 Å². The summed E-state index contributed by atoms with van der Waals surface area (Å²) in [5.41, 5.74) is 1.45. The van der Waals surface area contributed by atoms with Crippen molar-refractivity contribution in [2.45, 2.75) is 0 Å². The number of nitrogens with zero attached hydrogens (tertiary/aromatic N) is 2. The quantitative estimate of drug-likeness (QED) is 0.340. The maximum Gasteiger partial charge on any atom is 0.266 e. The minimum absolute atomic E-state index is 0.173. The van der Waals surface area contributed by atoms with Crippen molar-refractivity contribution in [2.24, 2.45) is 4.99 Å². The molecule has 0 N–H and O–H groups in total. The summed E-state index contributed by atoms with van der Waals surface area (Å²) < 4.78 is 16.4. The fourth-order valence-electron chi connectivity index (χ4n) is 2.83. The molecule has 0 atom stereocenters. The number of thioether (sulfide) groups is 1. The molecule has 32 heavy (non-hydrogen) atoms. The van der Waals surface area contributed by atoms with Gasteiger partial charge in [-0.05, 0) is 70.3 Å². The van der Waals surface area contributed by atoms with Gasteiger partial charge in [0.2, 0.25) is 0 Å². The second-order valence-electron chi connectivity index (χ2n) is 6.48. The van der Waals surface area contributed by atoms with Crippen LogP contribution in [0.5, 0.6) is 11.5 Å². The number of amides is 1. The second kappa shape index (κ2) is 11.3. The van der Waals surface area contributed by atoms with Crippen LogP contribution in [0.2, 0.25) is 0 Å². The van der Waals surface area contributed by atoms with Crippen molar-refractivity contribution < 1.29 is 28.9 Å². The molecule has 1 saturated heterocycles. The average Bonchev–Trinajstić information content (AvgIpc) is 3.05. The Kier molecular flexibility index (Phi) is 8.53. The van der Waals surface area contributed by atoms with E-state index in [1.165, 1.54) is 18.9 Å². The molecule has 1 fully saturated rings. The molecule has 10 heteroatoms. The second-order valence-corrected chi connectivity index (χ2v) is 8.66. The van der Waals surface area contributed by atoms with Crippen molar-refractivity contribution in [1.82, 2.24) is 4.90 Å². The third-order valence-electron chi connectivity index (χ3n) is 4.27. The third-order valence-corrected chi connectivity index (χ3v) is 6.08. The highest BCUT2D eigenvalue weighted by Crippen LogP contribution is 2.38. The zero-order valence-corrected chi connectivity index (χ0v) is 20.3. The number of para-hydroxylation sites is 1. The maximum atomic E-state index is 13.1. The number of carbonyl (C=O) groups excluding carboxylic acids is 2. The maximum absolute atomic E-state index is 13.1. The summed E-state index contributed by atoms with van der Waals surface area (Å²) in [7, 11) is 3.04. The van der Waals surface area contributed by atoms with E-state index >= 15 is 0 Å². The molecule has 0 radical (unpaired) electrons. The molecule has 1 aliphatic rings. The van der Waals surface area contributed by atoms with Crippen molar-refractivity contribution >= 4 is 63.2 Å². The highest BCUT2D eigenvalue weighted by molar-refractivity contribution is 14.1. The van der Waals surface area contributed by atoms with E-state index < -0.39 is 12.6 Å². The molecule has 2 aromatic rings. The lowest BCUT2D eigenvalue weighted by molar-refractivity contribution is -0.307. The van der Waals surface area contributed by atoms with Gasteiger partial charge in [0, 0.05) is 7.11 Å². The molecule has 3 rings (SSSR count). The number of methoxy groups -OCH3 is 2. The minimum Gasteiger partial charge on any atom is -0.546 e. The van der Waals surface area contributed by atoms with E-state index in [4.69, 9.17) is 14.2 Å². The molecule has 0 saturated carbocycles. The Bertz CT molecular complexity index is 1060. The largest absolute Gasteiger partial charge is 0.546 e. The lowest BCUT2D eigenvalue weighted by Crippen LogP contribution is -2.32. The van der Waals surface area contributed by atoms with Crippen LogP contribution >= 0.6 is 34.4 Å². The van der Waals surface area contributed by atoms with E-state index in [2.05, 4.69) is 4.99 Å². The van der Waals surface area contributed by atoms with Crippen LogP contribution in [0.25, 0.3) is 6.08 Å². The number of rotatable bonds is 9. The molecule has 2 aromatic carbocycles. The van der Waals surface area contributed by atoms with Gasteiger partial charge in [0.05, 0.1) is 40.4 Å². The van der Waals surface area contributed by atoms with E-state index in [1.807, 2.05) is 52.9 Å². The Labute approximate surface area is 203 Å². The lowest BCUT2D eigenvalue weighted by atomic mass is 10.2. The number of carboxylic acid groups (broad SMARTS) is 1. The number of ether oxygens (including phenoxy) is 3. The first kappa shape index (κ1) is 24.1. The fraction of sp³-hybridized carbons (Fsp3) is 0.227. The molecule has 168 valence electrons. The number of carboxylic acids is 1. The predicted octanol–water partition coefficient (Wildman–Crippen LogP) is 2.68. The number of halogens is 1. The number of aliphatic imine (C=N–C) groups is 1. The molecule has 1 heterocycles. The van der Waals surface area contributed by atoms with Crippen molar-refractivity contribution in [1.29, 1.82) is 0 Å². The zero-order valence-electron chi connectivity index (χ0n) is 17.4. The average molecular weight is 567 g/mol. The molecular weight excluding hydrogens is 547 g/mol. The first-order valence-corrected chi connectivity index (χ1v) is 11.4. The summed E-state index contributed by atoms with van der Waals surface area (Å²) in [6.07, 6.45) is 1.74. The van der Waals surface area contributed by atoms with Gasteiger partial charge in [0.25, 0.3) is 5.91 Å². The van der Waals surface area contributed by atoms with Gasteiger partial charge in [-0.15, -0.1) is 0 Å². The van der Waals surface area contributed by atoms with E-state index in [9.17, 15) is 14.7 Å². The van der Waals surface area contributed by atoms with Crippen LogP contribution in [0.1, 0.15) is 5.56 Å². The minimum atomic E-state index is -1.33. The summed E-state index contributed by atoms with van der Waals surface area (Å²) >= 11 is 3.30. The van der Waals surface area contributed by atoms with Crippen LogP contribution in [0.15, 0.2) is 52.4 Å². The van der Waals surface area contributed by atoms with Crippen LogP contribution in [0.3, 0.4) is 0 Å². The van der Waals surface area contributed by atoms with Gasteiger partial charge >= 0.3 is 0 Å². The van der Waals surface area contributed by atoms with Crippen LogP contribution < -0.4 is 14.6 Å². The van der Waals surface area contributed by atoms with Gasteiger partial charge in [-0.1, -0.05) is 18.2 Å². The number of hydrogen-bond donors (Lipinski definition) is 0. The SMILES string of the molecule is COCCN1C(=O)/C(=C/c2cc(I)c(OCC(=O)[O-])c(OC)c2)SC1=Nc1ccccc1. The first-order chi connectivity index (χ1) is 15.4. The molecule has 0 unspecified atom stereocenters. The molecule has 1 aliphatic heterocycles. The molecular formula is C22H20IN2O6S-. The van der Waals surface area contributed by atoms with E-state index in [1.54, 1.807) is 30.2 Å². The monoisotopic (exact) mass is 567 g/mol. The number of carbonyl (C=O) groups is 2. The number of amidine groups is 1. The summed E-state index contributed by atoms with van der Waals surface area (Å²) in [5.74, 6) is -0.843. The number of benzene rings is 2. The Morgan fingerprint density at radius 3 is 2.66 bits per heavy atom. The molecule has 0 bridgehead atoms. The smallest absolute Gasteiger partial charge is 0.266 e. The summed E-state index contributed by atoms with van der Waals surface area (Å²) in [4.78, 5) is 30.5. The van der Waals surface area contributed by atoms with Crippen molar-refractivity contribution in [3.8, 4) is 11.5 Å². The molecule has 0 spiro atoms. The predicted molar refractivity (Wildman–Crippen MR) is 129 cm³/mol. The Hall–Kier alpha value is -2.57. The van der Waals surface area contributed by atoms with E-state index in [0.717, 1.165) is 5.69 Å². The van der Waals surface area contributed by atoms with Gasteiger partial charge in [0.15, 0.2) is 16.7 Å². The van der Waals surface area contributed by atoms with E-state index in [-0.39, 0.29) is 5.91 Å². The fourth-order valence-corrected chi connectivity index (χ4v) is 4.64. The summed E-state index contributed by atoms with van der Waals surface area (Å²) in [6, 6.07) is 12.9. The Balaban J connectivity index is 1.93. The number of hydrogen-bond acceptors (Lipinski definition) is 8. The number of aliphatic carboxylic acids is 1. The molecule has 1 amide bonds. The van der Waals surface area contributed by atoms with Crippen molar-refractivity contribution in [3.05, 3.63) is 56.5 Å². The first-order valence-electron chi connectivity index (χ1n) is 9.47. The standard InChI is InChI=1S/C22H21IN2O6S/c1-29-9-8-25-21(28)18(32-22(25)24-15-6-4-3-5-7-15)12-14-10-16(23)20(17(11-14)30-2)31-13-19(26)27/h3-7,10-12H,8-9,13H2,1-2H3,(H,26,27)/p-1/b18-12-,24-22?. The lowest BCUT2D eigenvalue weighted by Gasteiger charge is -2.15. The topological polar surface area (TPSA) is 100 Å². The third kappa shape index (κ3) is 6.02. The normalized spacial score (nSPS) is 16.1. The Morgan fingerprint density at radius 2 is 2.00 bits per heavy atom. The van der Waals surface area contributed by atoms with E-state index in [0.29, 0.717) is 43.9 Å². The van der Waals surface area contributed by atoms with Gasteiger partial charge in [-0.2, -0.15) is 0 Å². The highest BCUT2D eigenvalue weighted by Gasteiger charge is 2.33. The van der Waals surface area contributed by atoms with Crippen molar-refractivity contribution in [3.63, 3.8) is 0 Å². The summed E-state index contributed by atoms with van der Waals surface area (Å²) in [6.45, 7) is 0.167. The van der Waals surface area contributed by atoms with Gasteiger partial charge < -0.3 is 24.1 Å². The van der Waals surface area contributed by atoms with Crippen LogP contribution in [0, 0.1) is 3.57 Å². The molecule has 0 aromatic heterocycles.